The predicted molar refractivity (Wildman–Crippen MR) is 68.6 cm³/mol. The summed E-state index contributed by atoms with van der Waals surface area (Å²) in [6.45, 7) is 5.02. The fourth-order valence-electron chi connectivity index (χ4n) is 2.14. The van der Waals surface area contributed by atoms with E-state index in [1.165, 1.54) is 18.2 Å². The lowest BCUT2D eigenvalue weighted by molar-refractivity contribution is 0.0939. The number of amides is 1. The summed E-state index contributed by atoms with van der Waals surface area (Å²) in [5, 5.41) is 21.4. The van der Waals surface area contributed by atoms with Crippen LogP contribution >= 0.6 is 0 Å². The topological polar surface area (TPSA) is 69.6 Å². The van der Waals surface area contributed by atoms with Crippen LogP contribution in [0.15, 0.2) is 18.2 Å². The molecule has 2 rings (SSSR count). The van der Waals surface area contributed by atoms with Crippen molar-refractivity contribution in [2.75, 3.05) is 6.54 Å². The number of carbonyl (C=O) groups excluding carboxylic acids is 1. The van der Waals surface area contributed by atoms with Gasteiger partial charge < -0.3 is 15.5 Å². The lowest BCUT2D eigenvalue weighted by Gasteiger charge is -2.20. The maximum atomic E-state index is 11.9. The molecule has 0 unspecified atom stereocenters. The SMILES string of the molecule is CC(C)C1(CNC(=O)c2ccc(O)c(O)c2)CC1. The average Bonchev–Trinajstić information content (AvgIpc) is 3.11. The molecule has 18 heavy (non-hydrogen) atoms. The number of nitrogens with one attached hydrogen (secondary N) is 1. The third-order valence-corrected chi connectivity index (χ3v) is 3.96. The minimum Gasteiger partial charge on any atom is -0.504 e. The van der Waals surface area contributed by atoms with Crippen molar-refractivity contribution in [3.8, 4) is 11.5 Å². The first-order valence-corrected chi connectivity index (χ1v) is 6.25. The zero-order valence-electron chi connectivity index (χ0n) is 10.7. The normalized spacial score (nSPS) is 16.6. The van der Waals surface area contributed by atoms with Gasteiger partial charge in [-0.3, -0.25) is 4.79 Å². The fourth-order valence-corrected chi connectivity index (χ4v) is 2.14. The number of hydrogen-bond acceptors (Lipinski definition) is 3. The lowest BCUT2D eigenvalue weighted by atomic mass is 9.92. The van der Waals surface area contributed by atoms with Gasteiger partial charge in [0.25, 0.3) is 5.91 Å². The lowest BCUT2D eigenvalue weighted by Crippen LogP contribution is -2.32. The first-order valence-electron chi connectivity index (χ1n) is 6.25. The number of rotatable bonds is 4. The van der Waals surface area contributed by atoms with Crippen molar-refractivity contribution < 1.29 is 15.0 Å². The summed E-state index contributed by atoms with van der Waals surface area (Å²) in [6.07, 6.45) is 2.32. The van der Waals surface area contributed by atoms with Gasteiger partial charge in [-0.1, -0.05) is 13.8 Å². The summed E-state index contributed by atoms with van der Waals surface area (Å²) in [7, 11) is 0. The molecule has 1 amide bonds. The summed E-state index contributed by atoms with van der Waals surface area (Å²) in [6, 6.07) is 4.10. The van der Waals surface area contributed by atoms with Crippen molar-refractivity contribution in [2.24, 2.45) is 11.3 Å². The van der Waals surface area contributed by atoms with Crippen molar-refractivity contribution >= 4 is 5.91 Å². The Kier molecular flexibility index (Phi) is 3.20. The minimum atomic E-state index is -0.271. The van der Waals surface area contributed by atoms with Gasteiger partial charge in [-0.25, -0.2) is 0 Å². The highest BCUT2D eigenvalue weighted by molar-refractivity contribution is 5.94. The molecular weight excluding hydrogens is 230 g/mol. The van der Waals surface area contributed by atoms with Crippen LogP contribution in [0, 0.1) is 11.3 Å². The van der Waals surface area contributed by atoms with E-state index in [9.17, 15) is 15.0 Å². The summed E-state index contributed by atoms with van der Waals surface area (Å²) in [5.74, 6) is -0.136. The molecule has 1 aliphatic rings. The van der Waals surface area contributed by atoms with E-state index in [1.54, 1.807) is 0 Å². The van der Waals surface area contributed by atoms with Crippen LogP contribution in [0.3, 0.4) is 0 Å². The Hall–Kier alpha value is -1.71. The van der Waals surface area contributed by atoms with Crippen molar-refractivity contribution in [2.45, 2.75) is 26.7 Å². The molecule has 1 aliphatic carbocycles. The van der Waals surface area contributed by atoms with Crippen LogP contribution in [0.25, 0.3) is 0 Å². The highest BCUT2D eigenvalue weighted by Crippen LogP contribution is 2.51. The molecule has 0 aromatic heterocycles. The van der Waals surface area contributed by atoms with E-state index >= 15 is 0 Å². The molecule has 0 atom stereocenters. The Morgan fingerprint density at radius 3 is 2.50 bits per heavy atom. The second-order valence-corrected chi connectivity index (χ2v) is 5.40. The molecule has 4 heteroatoms. The number of phenolic OH excluding ortho intramolecular Hbond substituents is 2. The first kappa shape index (κ1) is 12.7. The molecule has 98 valence electrons. The fraction of sp³-hybridized carbons (Fsp3) is 0.500. The zero-order chi connectivity index (χ0) is 13.3. The van der Waals surface area contributed by atoms with E-state index in [4.69, 9.17) is 0 Å². The molecule has 1 fully saturated rings. The molecule has 1 aromatic carbocycles. The van der Waals surface area contributed by atoms with Crippen LogP contribution in [0.5, 0.6) is 11.5 Å². The summed E-state index contributed by atoms with van der Waals surface area (Å²) in [4.78, 5) is 11.9. The van der Waals surface area contributed by atoms with Crippen LogP contribution in [-0.4, -0.2) is 22.7 Å². The Balaban J connectivity index is 1.98. The smallest absolute Gasteiger partial charge is 0.251 e. The van der Waals surface area contributed by atoms with Crippen LogP contribution in [0.1, 0.15) is 37.0 Å². The maximum Gasteiger partial charge on any atom is 0.251 e. The van der Waals surface area contributed by atoms with Gasteiger partial charge in [0.2, 0.25) is 0 Å². The Morgan fingerprint density at radius 1 is 1.33 bits per heavy atom. The Morgan fingerprint density at radius 2 is 2.00 bits per heavy atom. The largest absolute Gasteiger partial charge is 0.504 e. The molecular formula is C14H19NO3. The predicted octanol–water partition coefficient (Wildman–Crippen LogP) is 2.26. The maximum absolute atomic E-state index is 11.9. The van der Waals surface area contributed by atoms with Gasteiger partial charge in [-0.2, -0.15) is 0 Å². The summed E-state index contributed by atoms with van der Waals surface area (Å²) < 4.78 is 0. The van der Waals surface area contributed by atoms with Crippen molar-refractivity contribution in [1.29, 1.82) is 0 Å². The highest BCUT2D eigenvalue weighted by Gasteiger charge is 2.45. The number of benzene rings is 1. The van der Waals surface area contributed by atoms with Crippen molar-refractivity contribution in [1.82, 2.24) is 5.32 Å². The van der Waals surface area contributed by atoms with E-state index in [0.717, 1.165) is 12.8 Å². The molecule has 0 radical (unpaired) electrons. The second kappa shape index (κ2) is 4.52. The third-order valence-electron chi connectivity index (χ3n) is 3.96. The number of aromatic hydroxyl groups is 2. The molecule has 1 saturated carbocycles. The number of phenols is 2. The Bertz CT molecular complexity index is 464. The van der Waals surface area contributed by atoms with E-state index in [2.05, 4.69) is 19.2 Å². The molecule has 0 saturated heterocycles. The van der Waals surface area contributed by atoms with Crippen LogP contribution in [0.2, 0.25) is 0 Å². The summed E-state index contributed by atoms with van der Waals surface area (Å²) >= 11 is 0. The molecule has 4 nitrogen and oxygen atoms in total. The molecule has 0 bridgehead atoms. The monoisotopic (exact) mass is 249 g/mol. The number of hydrogen-bond donors (Lipinski definition) is 3. The molecule has 0 heterocycles. The molecule has 3 N–H and O–H groups in total. The standard InChI is InChI=1S/C14H19NO3/c1-9(2)14(5-6-14)8-15-13(18)10-3-4-11(16)12(17)7-10/h3-4,7,9,16-17H,5-6,8H2,1-2H3,(H,15,18). The van der Waals surface area contributed by atoms with Gasteiger partial charge in [-0.05, 0) is 42.4 Å². The van der Waals surface area contributed by atoms with Gasteiger partial charge in [0.15, 0.2) is 11.5 Å². The highest BCUT2D eigenvalue weighted by atomic mass is 16.3. The van der Waals surface area contributed by atoms with E-state index in [-0.39, 0.29) is 22.8 Å². The Labute approximate surface area is 107 Å². The van der Waals surface area contributed by atoms with E-state index in [1.807, 2.05) is 0 Å². The van der Waals surface area contributed by atoms with E-state index < -0.39 is 0 Å². The van der Waals surface area contributed by atoms with Crippen LogP contribution < -0.4 is 5.32 Å². The van der Waals surface area contributed by atoms with Gasteiger partial charge in [0.1, 0.15) is 0 Å². The molecule has 1 aromatic rings. The van der Waals surface area contributed by atoms with Gasteiger partial charge in [-0.15, -0.1) is 0 Å². The van der Waals surface area contributed by atoms with Crippen LogP contribution in [-0.2, 0) is 0 Å². The molecule has 0 spiro atoms. The van der Waals surface area contributed by atoms with Crippen LogP contribution in [0.4, 0.5) is 0 Å². The van der Waals surface area contributed by atoms with Gasteiger partial charge >= 0.3 is 0 Å². The van der Waals surface area contributed by atoms with Crippen molar-refractivity contribution in [3.05, 3.63) is 23.8 Å². The van der Waals surface area contributed by atoms with Crippen molar-refractivity contribution in [3.63, 3.8) is 0 Å². The average molecular weight is 249 g/mol. The number of carbonyl (C=O) groups is 1. The summed E-state index contributed by atoms with van der Waals surface area (Å²) in [5.41, 5.74) is 0.624. The van der Waals surface area contributed by atoms with E-state index in [0.29, 0.717) is 18.0 Å². The third kappa shape index (κ3) is 2.42. The van der Waals surface area contributed by atoms with Gasteiger partial charge in [0.05, 0.1) is 0 Å². The zero-order valence-corrected chi connectivity index (χ0v) is 10.7. The quantitative estimate of drug-likeness (QED) is 0.717. The minimum absolute atomic E-state index is 0.211. The van der Waals surface area contributed by atoms with Gasteiger partial charge in [0, 0.05) is 12.1 Å². The second-order valence-electron chi connectivity index (χ2n) is 5.40. The first-order chi connectivity index (χ1) is 8.44. The molecule has 0 aliphatic heterocycles.